The largest absolute Gasteiger partial charge is 0.335 e. The van der Waals surface area contributed by atoms with E-state index in [1.165, 1.54) is 0 Å². The summed E-state index contributed by atoms with van der Waals surface area (Å²) in [5.41, 5.74) is 0.790. The second-order valence-corrected chi connectivity index (χ2v) is 4.19. The first-order valence-corrected chi connectivity index (χ1v) is 5.80. The van der Waals surface area contributed by atoms with E-state index in [1.54, 1.807) is 0 Å². The Morgan fingerprint density at radius 1 is 1.44 bits per heavy atom. The van der Waals surface area contributed by atoms with Gasteiger partial charge in [0.1, 0.15) is 0 Å². The molecular weight excluding hydrogens is 198 g/mol. The van der Waals surface area contributed by atoms with Gasteiger partial charge in [-0.2, -0.15) is 0 Å². The second-order valence-electron chi connectivity index (χ2n) is 4.19. The summed E-state index contributed by atoms with van der Waals surface area (Å²) in [6, 6.07) is 9.86. The van der Waals surface area contributed by atoms with Gasteiger partial charge in [0, 0.05) is 18.2 Å². The van der Waals surface area contributed by atoms with Crippen molar-refractivity contribution in [1.29, 1.82) is 0 Å². The first-order valence-electron chi connectivity index (χ1n) is 5.80. The predicted octanol–water partition coefficient (Wildman–Crippen LogP) is 2.87. The van der Waals surface area contributed by atoms with Crippen molar-refractivity contribution in [3.05, 3.63) is 48.6 Å². The highest BCUT2D eigenvalue weighted by molar-refractivity contribution is 5.94. The van der Waals surface area contributed by atoms with Crippen molar-refractivity contribution >= 4 is 5.91 Å². The highest BCUT2D eigenvalue weighted by Gasteiger charge is 2.27. The Kier molecular flexibility index (Phi) is 3.40. The normalized spacial score (nSPS) is 19.8. The number of carbonyl (C=O) groups is 1. The van der Waals surface area contributed by atoms with Gasteiger partial charge < -0.3 is 4.90 Å². The summed E-state index contributed by atoms with van der Waals surface area (Å²) >= 11 is 0. The summed E-state index contributed by atoms with van der Waals surface area (Å²) in [7, 11) is 0. The number of hydrogen-bond donors (Lipinski definition) is 0. The lowest BCUT2D eigenvalue weighted by Gasteiger charge is -2.23. The second kappa shape index (κ2) is 4.97. The molecule has 1 atom stereocenters. The standard InChI is InChI=1S/C14H17NO/c1-2-7-13-10-6-11-15(13)14(16)12-8-4-3-5-9-12/h2-5,8-9,13H,1,6-7,10-11H2. The number of benzene rings is 1. The van der Waals surface area contributed by atoms with Gasteiger partial charge >= 0.3 is 0 Å². The van der Waals surface area contributed by atoms with Crippen LogP contribution in [0.1, 0.15) is 29.6 Å². The Morgan fingerprint density at radius 2 is 2.19 bits per heavy atom. The van der Waals surface area contributed by atoms with E-state index in [0.29, 0.717) is 6.04 Å². The van der Waals surface area contributed by atoms with E-state index in [4.69, 9.17) is 0 Å². The molecule has 0 saturated carbocycles. The molecule has 1 unspecified atom stereocenters. The van der Waals surface area contributed by atoms with Gasteiger partial charge in [-0.1, -0.05) is 24.3 Å². The third-order valence-electron chi connectivity index (χ3n) is 3.10. The van der Waals surface area contributed by atoms with Crippen LogP contribution in [0.3, 0.4) is 0 Å². The van der Waals surface area contributed by atoms with Crippen molar-refractivity contribution in [2.24, 2.45) is 0 Å². The summed E-state index contributed by atoms with van der Waals surface area (Å²) in [6.07, 6.45) is 5.02. The van der Waals surface area contributed by atoms with Crippen LogP contribution in [0.2, 0.25) is 0 Å². The van der Waals surface area contributed by atoms with E-state index in [9.17, 15) is 4.79 Å². The minimum absolute atomic E-state index is 0.157. The first-order chi connectivity index (χ1) is 7.83. The van der Waals surface area contributed by atoms with E-state index in [0.717, 1.165) is 31.4 Å². The molecule has 0 N–H and O–H groups in total. The molecule has 1 aliphatic rings. The van der Waals surface area contributed by atoms with E-state index < -0.39 is 0 Å². The third-order valence-corrected chi connectivity index (χ3v) is 3.10. The number of nitrogens with zero attached hydrogens (tertiary/aromatic N) is 1. The maximum Gasteiger partial charge on any atom is 0.254 e. The molecule has 1 saturated heterocycles. The third kappa shape index (κ3) is 2.16. The molecule has 1 aromatic rings. The van der Waals surface area contributed by atoms with Crippen molar-refractivity contribution in [2.45, 2.75) is 25.3 Å². The van der Waals surface area contributed by atoms with Gasteiger partial charge in [-0.05, 0) is 31.4 Å². The summed E-state index contributed by atoms with van der Waals surface area (Å²) in [4.78, 5) is 14.2. The minimum atomic E-state index is 0.157. The number of carbonyl (C=O) groups excluding carboxylic acids is 1. The fraction of sp³-hybridized carbons (Fsp3) is 0.357. The number of amides is 1. The molecule has 16 heavy (non-hydrogen) atoms. The van der Waals surface area contributed by atoms with Crippen LogP contribution in [-0.4, -0.2) is 23.4 Å². The van der Waals surface area contributed by atoms with Gasteiger partial charge in [-0.3, -0.25) is 4.79 Å². The quantitative estimate of drug-likeness (QED) is 0.710. The smallest absolute Gasteiger partial charge is 0.254 e. The van der Waals surface area contributed by atoms with Gasteiger partial charge in [0.15, 0.2) is 0 Å². The van der Waals surface area contributed by atoms with E-state index in [1.807, 2.05) is 41.3 Å². The summed E-state index contributed by atoms with van der Waals surface area (Å²) in [5.74, 6) is 0.157. The summed E-state index contributed by atoms with van der Waals surface area (Å²) < 4.78 is 0. The molecule has 1 heterocycles. The van der Waals surface area contributed by atoms with Crippen LogP contribution in [0.4, 0.5) is 0 Å². The Labute approximate surface area is 96.6 Å². The Morgan fingerprint density at radius 3 is 2.88 bits per heavy atom. The van der Waals surface area contributed by atoms with Crippen LogP contribution in [0.5, 0.6) is 0 Å². The van der Waals surface area contributed by atoms with Crippen LogP contribution in [0.15, 0.2) is 43.0 Å². The molecule has 1 fully saturated rings. The molecule has 0 bridgehead atoms. The molecule has 84 valence electrons. The summed E-state index contributed by atoms with van der Waals surface area (Å²) in [5, 5.41) is 0. The number of likely N-dealkylation sites (tertiary alicyclic amines) is 1. The zero-order chi connectivity index (χ0) is 11.4. The lowest BCUT2D eigenvalue weighted by Crippen LogP contribution is -2.35. The average molecular weight is 215 g/mol. The SMILES string of the molecule is C=CCC1CCCN1C(=O)c1ccccc1. The van der Waals surface area contributed by atoms with E-state index in [-0.39, 0.29) is 5.91 Å². The van der Waals surface area contributed by atoms with Gasteiger partial charge in [-0.25, -0.2) is 0 Å². The number of hydrogen-bond acceptors (Lipinski definition) is 1. The Hall–Kier alpha value is -1.57. The molecule has 1 aliphatic heterocycles. The molecule has 0 aliphatic carbocycles. The number of rotatable bonds is 3. The van der Waals surface area contributed by atoms with Crippen molar-refractivity contribution in [2.75, 3.05) is 6.54 Å². The molecule has 0 radical (unpaired) electrons. The molecule has 2 rings (SSSR count). The maximum atomic E-state index is 12.2. The highest BCUT2D eigenvalue weighted by Crippen LogP contribution is 2.22. The average Bonchev–Trinajstić information content (AvgIpc) is 2.78. The summed E-state index contributed by atoms with van der Waals surface area (Å²) in [6.45, 7) is 4.63. The zero-order valence-corrected chi connectivity index (χ0v) is 9.43. The minimum Gasteiger partial charge on any atom is -0.335 e. The van der Waals surface area contributed by atoms with Crippen molar-refractivity contribution in [3.8, 4) is 0 Å². The van der Waals surface area contributed by atoms with Crippen LogP contribution in [0.25, 0.3) is 0 Å². The molecular formula is C14H17NO. The molecule has 0 spiro atoms. The first kappa shape index (κ1) is 10.9. The van der Waals surface area contributed by atoms with Crippen molar-refractivity contribution < 1.29 is 4.79 Å². The van der Waals surface area contributed by atoms with Crippen molar-refractivity contribution in [1.82, 2.24) is 4.90 Å². The van der Waals surface area contributed by atoms with Crippen LogP contribution >= 0.6 is 0 Å². The monoisotopic (exact) mass is 215 g/mol. The van der Waals surface area contributed by atoms with E-state index >= 15 is 0 Å². The molecule has 1 aromatic carbocycles. The van der Waals surface area contributed by atoms with Crippen LogP contribution in [-0.2, 0) is 0 Å². The molecule has 2 nitrogen and oxygen atoms in total. The van der Waals surface area contributed by atoms with Gasteiger partial charge in [0.05, 0.1) is 0 Å². The lowest BCUT2D eigenvalue weighted by molar-refractivity contribution is 0.0738. The topological polar surface area (TPSA) is 20.3 Å². The van der Waals surface area contributed by atoms with Gasteiger partial charge in [0.25, 0.3) is 5.91 Å². The Bertz CT molecular complexity index is 372. The fourth-order valence-corrected chi connectivity index (χ4v) is 2.29. The maximum absolute atomic E-state index is 12.2. The Balaban J connectivity index is 2.12. The highest BCUT2D eigenvalue weighted by atomic mass is 16.2. The van der Waals surface area contributed by atoms with Crippen LogP contribution in [0, 0.1) is 0 Å². The molecule has 1 amide bonds. The zero-order valence-electron chi connectivity index (χ0n) is 9.43. The van der Waals surface area contributed by atoms with E-state index in [2.05, 4.69) is 6.58 Å². The van der Waals surface area contributed by atoms with Gasteiger partial charge in [-0.15, -0.1) is 6.58 Å². The predicted molar refractivity (Wildman–Crippen MR) is 65.3 cm³/mol. The van der Waals surface area contributed by atoms with Gasteiger partial charge in [0.2, 0.25) is 0 Å². The van der Waals surface area contributed by atoms with Crippen molar-refractivity contribution in [3.63, 3.8) is 0 Å². The lowest BCUT2D eigenvalue weighted by atomic mass is 10.1. The molecule has 0 aromatic heterocycles. The molecule has 2 heteroatoms. The fourth-order valence-electron chi connectivity index (χ4n) is 2.29. The van der Waals surface area contributed by atoms with Crippen LogP contribution < -0.4 is 0 Å².